The highest BCUT2D eigenvalue weighted by Crippen LogP contribution is 2.35. The molecule has 0 atom stereocenters. The van der Waals surface area contributed by atoms with E-state index in [9.17, 15) is 0 Å². The molecular weight excluding hydrogens is 252 g/mol. The Balaban J connectivity index is 2.21. The van der Waals surface area contributed by atoms with Gasteiger partial charge in [0.05, 0.1) is 16.3 Å². The summed E-state index contributed by atoms with van der Waals surface area (Å²) in [5.41, 5.74) is 9.16. The number of hydrogen-bond acceptors (Lipinski definition) is 3. The smallest absolute Gasteiger partial charge is 0.0836 e. The van der Waals surface area contributed by atoms with E-state index in [-0.39, 0.29) is 0 Å². The van der Waals surface area contributed by atoms with E-state index in [1.165, 1.54) is 4.70 Å². The van der Waals surface area contributed by atoms with Crippen molar-refractivity contribution in [3.63, 3.8) is 0 Å². The summed E-state index contributed by atoms with van der Waals surface area (Å²) in [6.45, 7) is 0. The number of nitrogens with zero attached hydrogens (tertiary/aromatic N) is 1. The van der Waals surface area contributed by atoms with Gasteiger partial charge in [-0.05, 0) is 6.07 Å². The number of hydrogen-bond donors (Lipinski definition) is 1. The molecule has 3 aromatic rings. The van der Waals surface area contributed by atoms with Gasteiger partial charge in [0.1, 0.15) is 0 Å². The van der Waals surface area contributed by atoms with Crippen molar-refractivity contribution in [2.75, 3.05) is 12.8 Å². The second kappa shape index (κ2) is 4.86. The molecule has 3 heteroatoms. The first-order valence-electron chi connectivity index (χ1n) is 6.11. The van der Waals surface area contributed by atoms with Gasteiger partial charge in [-0.1, -0.05) is 48.5 Å². The molecule has 0 unspecified atom stereocenters. The van der Waals surface area contributed by atoms with Crippen LogP contribution in [0.1, 0.15) is 10.4 Å². The maximum Gasteiger partial charge on any atom is 0.0836 e. The lowest BCUT2D eigenvalue weighted by Crippen LogP contribution is -2.03. The van der Waals surface area contributed by atoms with Crippen LogP contribution in [0.15, 0.2) is 59.6 Å². The average Bonchev–Trinajstić information content (AvgIpc) is 2.79. The van der Waals surface area contributed by atoms with E-state index in [1.54, 1.807) is 11.3 Å². The van der Waals surface area contributed by atoms with Crippen LogP contribution in [0.3, 0.4) is 0 Å². The Morgan fingerprint density at radius 1 is 1.00 bits per heavy atom. The van der Waals surface area contributed by atoms with E-state index in [0.29, 0.717) is 0 Å². The van der Waals surface area contributed by atoms with E-state index >= 15 is 0 Å². The van der Waals surface area contributed by atoms with Crippen LogP contribution in [0.4, 0.5) is 5.69 Å². The van der Waals surface area contributed by atoms with Crippen molar-refractivity contribution in [1.29, 1.82) is 0 Å². The minimum absolute atomic E-state index is 0.824. The Morgan fingerprint density at radius 2 is 1.68 bits per heavy atom. The van der Waals surface area contributed by atoms with E-state index in [1.807, 2.05) is 37.4 Å². The quantitative estimate of drug-likeness (QED) is 0.701. The van der Waals surface area contributed by atoms with Gasteiger partial charge in [0, 0.05) is 22.7 Å². The third-order valence-corrected chi connectivity index (χ3v) is 4.31. The van der Waals surface area contributed by atoms with Crippen molar-refractivity contribution in [1.82, 2.24) is 0 Å². The summed E-state index contributed by atoms with van der Waals surface area (Å²) in [6.07, 6.45) is 0. The fourth-order valence-electron chi connectivity index (χ4n) is 2.20. The molecule has 3 rings (SSSR count). The number of nitrogen functional groups attached to an aromatic ring is 1. The van der Waals surface area contributed by atoms with Crippen LogP contribution in [0.2, 0.25) is 0 Å². The number of thiophene rings is 1. The molecule has 1 aromatic heterocycles. The van der Waals surface area contributed by atoms with Gasteiger partial charge in [-0.25, -0.2) is 0 Å². The van der Waals surface area contributed by atoms with Crippen LogP contribution >= 0.6 is 11.3 Å². The number of rotatable bonds is 2. The molecule has 0 bridgehead atoms. The SMILES string of the molecule is CN=C(c1ccccc1)c1sc2ccccc2c1N. The van der Waals surface area contributed by atoms with Crippen molar-refractivity contribution in [3.8, 4) is 0 Å². The molecule has 0 aliphatic rings. The third-order valence-electron chi connectivity index (χ3n) is 3.12. The fourth-order valence-corrected chi connectivity index (χ4v) is 3.38. The molecule has 0 radical (unpaired) electrons. The summed E-state index contributed by atoms with van der Waals surface area (Å²) in [6, 6.07) is 18.4. The van der Waals surface area contributed by atoms with Crippen LogP contribution < -0.4 is 5.73 Å². The van der Waals surface area contributed by atoms with Crippen molar-refractivity contribution in [2.45, 2.75) is 0 Å². The second-order valence-electron chi connectivity index (χ2n) is 4.28. The largest absolute Gasteiger partial charge is 0.397 e. The molecule has 0 aliphatic heterocycles. The van der Waals surface area contributed by atoms with E-state index in [2.05, 4.69) is 29.3 Å². The topological polar surface area (TPSA) is 38.4 Å². The van der Waals surface area contributed by atoms with Gasteiger partial charge in [0.2, 0.25) is 0 Å². The van der Waals surface area contributed by atoms with Gasteiger partial charge in [-0.3, -0.25) is 4.99 Å². The van der Waals surface area contributed by atoms with Crippen molar-refractivity contribution in [3.05, 3.63) is 65.0 Å². The molecule has 2 nitrogen and oxygen atoms in total. The van der Waals surface area contributed by atoms with Gasteiger partial charge in [0.25, 0.3) is 0 Å². The van der Waals surface area contributed by atoms with Crippen LogP contribution in [0.5, 0.6) is 0 Å². The number of aliphatic imine (C=N–C) groups is 1. The predicted octanol–water partition coefficient (Wildman–Crippen LogP) is 3.95. The lowest BCUT2D eigenvalue weighted by molar-refractivity contribution is 1.43. The molecule has 0 fully saturated rings. The van der Waals surface area contributed by atoms with E-state index < -0.39 is 0 Å². The molecule has 0 saturated heterocycles. The Labute approximate surface area is 116 Å². The lowest BCUT2D eigenvalue weighted by atomic mass is 10.1. The summed E-state index contributed by atoms with van der Waals surface area (Å²) >= 11 is 1.70. The summed E-state index contributed by atoms with van der Waals surface area (Å²) in [5, 5.41) is 1.11. The fraction of sp³-hybridized carbons (Fsp3) is 0.0625. The van der Waals surface area contributed by atoms with Crippen molar-refractivity contribution in [2.24, 2.45) is 4.99 Å². The Kier molecular flexibility index (Phi) is 3.05. The Hall–Kier alpha value is -2.13. The standard InChI is InChI=1S/C16H14N2S/c1-18-15(11-7-3-2-4-8-11)16-14(17)12-9-5-6-10-13(12)19-16/h2-10H,17H2,1H3. The second-order valence-corrected chi connectivity index (χ2v) is 5.33. The zero-order valence-electron chi connectivity index (χ0n) is 10.6. The molecular formula is C16H14N2S. The highest BCUT2D eigenvalue weighted by Gasteiger charge is 2.15. The third kappa shape index (κ3) is 2.02. The molecule has 0 aliphatic carbocycles. The van der Waals surface area contributed by atoms with Crippen LogP contribution in [-0.2, 0) is 0 Å². The molecule has 2 aromatic carbocycles. The maximum absolute atomic E-state index is 6.28. The van der Waals surface area contributed by atoms with Crippen molar-refractivity contribution < 1.29 is 0 Å². The lowest BCUT2D eigenvalue weighted by Gasteiger charge is -2.04. The average molecular weight is 266 g/mol. The summed E-state index contributed by atoms with van der Waals surface area (Å²) in [7, 11) is 1.81. The summed E-state index contributed by atoms with van der Waals surface area (Å²) in [5.74, 6) is 0. The molecule has 0 amide bonds. The first kappa shape index (κ1) is 11.9. The zero-order valence-corrected chi connectivity index (χ0v) is 11.4. The summed E-state index contributed by atoms with van der Waals surface area (Å²) in [4.78, 5) is 5.48. The van der Waals surface area contributed by atoms with Crippen molar-refractivity contribution >= 4 is 32.8 Å². The normalized spacial score (nSPS) is 11.9. The number of fused-ring (bicyclic) bond motifs is 1. The highest BCUT2D eigenvalue weighted by molar-refractivity contribution is 7.21. The van der Waals surface area contributed by atoms with Crippen LogP contribution in [0, 0.1) is 0 Å². The van der Waals surface area contributed by atoms with Gasteiger partial charge in [0.15, 0.2) is 0 Å². The molecule has 0 saturated carbocycles. The van der Waals surface area contributed by atoms with Gasteiger partial charge >= 0.3 is 0 Å². The predicted molar refractivity (Wildman–Crippen MR) is 84.2 cm³/mol. The number of nitrogens with two attached hydrogens (primary N) is 1. The molecule has 19 heavy (non-hydrogen) atoms. The number of anilines is 1. The minimum Gasteiger partial charge on any atom is -0.397 e. The van der Waals surface area contributed by atoms with Gasteiger partial charge < -0.3 is 5.73 Å². The highest BCUT2D eigenvalue weighted by atomic mass is 32.1. The maximum atomic E-state index is 6.28. The Bertz CT molecular complexity index is 742. The minimum atomic E-state index is 0.824. The first-order valence-corrected chi connectivity index (χ1v) is 6.92. The summed E-state index contributed by atoms with van der Waals surface area (Å²) < 4.78 is 1.20. The Morgan fingerprint density at radius 3 is 2.37 bits per heavy atom. The zero-order chi connectivity index (χ0) is 13.2. The molecule has 94 valence electrons. The van der Waals surface area contributed by atoms with E-state index in [4.69, 9.17) is 5.73 Å². The van der Waals surface area contributed by atoms with Crippen LogP contribution in [-0.4, -0.2) is 12.8 Å². The molecule has 2 N–H and O–H groups in total. The first-order chi connectivity index (χ1) is 9.31. The van der Waals surface area contributed by atoms with Gasteiger partial charge in [-0.2, -0.15) is 0 Å². The monoisotopic (exact) mass is 266 g/mol. The molecule has 1 heterocycles. The van der Waals surface area contributed by atoms with Crippen LogP contribution in [0.25, 0.3) is 10.1 Å². The van der Waals surface area contributed by atoms with E-state index in [0.717, 1.165) is 27.2 Å². The number of benzene rings is 2. The molecule has 0 spiro atoms. The van der Waals surface area contributed by atoms with Gasteiger partial charge in [-0.15, -0.1) is 11.3 Å².